The van der Waals surface area contributed by atoms with Gasteiger partial charge in [-0.3, -0.25) is 4.90 Å². The molecular weight excluding hydrogens is 619 g/mol. The third kappa shape index (κ3) is 4.44. The summed E-state index contributed by atoms with van der Waals surface area (Å²) in [5.74, 6) is 1.94. The summed E-state index contributed by atoms with van der Waals surface area (Å²) in [7, 11) is 0. The minimum Gasteiger partial charge on any atom is -0.508 e. The summed E-state index contributed by atoms with van der Waals surface area (Å²) in [6.07, 6.45) is 11.9. The normalized spacial score (nSPS) is 27.3. The molecule has 48 heavy (non-hydrogen) atoms. The van der Waals surface area contributed by atoms with Gasteiger partial charge in [0.25, 0.3) is 0 Å². The Morgan fingerprint density at radius 1 is 1.12 bits per heavy atom. The van der Waals surface area contributed by atoms with Crippen LogP contribution >= 0.6 is 0 Å². The highest BCUT2D eigenvalue weighted by Crippen LogP contribution is 2.55. The van der Waals surface area contributed by atoms with Crippen LogP contribution in [0.3, 0.4) is 0 Å². The topological polar surface area (TPSA) is 83.8 Å². The molecule has 4 aliphatic heterocycles. The van der Waals surface area contributed by atoms with Gasteiger partial charge in [-0.05, 0) is 81.0 Å². The minimum absolute atomic E-state index is 0.00732. The number of halogens is 3. The van der Waals surface area contributed by atoms with E-state index in [-0.39, 0.29) is 63.6 Å². The van der Waals surface area contributed by atoms with E-state index in [1.807, 2.05) is 0 Å². The van der Waals surface area contributed by atoms with Gasteiger partial charge >= 0.3 is 6.01 Å². The number of anilines is 1. The quantitative estimate of drug-likeness (QED) is 0.244. The van der Waals surface area contributed by atoms with Gasteiger partial charge in [-0.2, -0.15) is 9.97 Å². The molecule has 0 radical (unpaired) electrons. The van der Waals surface area contributed by atoms with E-state index < -0.39 is 23.3 Å². The van der Waals surface area contributed by atoms with Gasteiger partial charge in [-0.15, -0.1) is 6.42 Å². The Hall–Kier alpha value is -4.30. The summed E-state index contributed by atoms with van der Waals surface area (Å²) >= 11 is 0. The third-order valence-electron chi connectivity index (χ3n) is 11.5. The Morgan fingerprint density at radius 2 is 1.98 bits per heavy atom. The SMILES string of the molecule is C#Cc1c(F)ccc2cc(O)cc(-c3nc4c5c(nc(OC[C@@]67CCCN6C[C@H](F)C7)nc5c3F)N3C(CO4)CC(C)CCC34CC4)c12. The number of phenols is 1. The maximum atomic E-state index is 17.2. The Labute approximate surface area is 276 Å². The lowest BCUT2D eigenvalue weighted by atomic mass is 9.95. The van der Waals surface area contributed by atoms with Crippen LogP contribution in [0.4, 0.5) is 19.0 Å². The number of hydrogen-bond acceptors (Lipinski definition) is 8. The standard InChI is InChI=1S/C37H36F3N5O3/c1-3-25-27(39)6-5-21-14-24(46)15-26(28(21)25)31-30(40)32-29-33(43-35(42-32)48-19-37-8-4-12-44(37)17-22(38)16-37)45-23(18-47-34(29)41-31)13-20(2)7-9-36(45)10-11-36/h1,5-6,14-15,20,22-23,46H,4,7-13,16-19H2,2H3/t20?,22-,23?,37+/m1/s1. The Morgan fingerprint density at radius 3 is 2.79 bits per heavy atom. The number of terminal acetylenes is 1. The zero-order valence-electron chi connectivity index (χ0n) is 26.7. The van der Waals surface area contributed by atoms with Crippen molar-refractivity contribution in [2.24, 2.45) is 5.92 Å². The van der Waals surface area contributed by atoms with E-state index >= 15 is 8.78 Å². The molecule has 3 saturated heterocycles. The second-order valence-corrected chi connectivity index (χ2v) is 14.6. The molecule has 6 heterocycles. The van der Waals surface area contributed by atoms with Crippen LogP contribution in [0.5, 0.6) is 17.6 Å². The zero-order valence-corrected chi connectivity index (χ0v) is 26.7. The van der Waals surface area contributed by atoms with E-state index in [9.17, 15) is 9.50 Å². The average Bonchev–Trinajstić information content (AvgIpc) is 3.71. The fourth-order valence-electron chi connectivity index (χ4n) is 9.09. The van der Waals surface area contributed by atoms with Gasteiger partial charge in [0.05, 0.1) is 17.1 Å². The second kappa shape index (κ2) is 10.6. The van der Waals surface area contributed by atoms with E-state index in [2.05, 4.69) is 27.6 Å². The molecule has 9 rings (SSSR count). The van der Waals surface area contributed by atoms with Gasteiger partial charge in [0.15, 0.2) is 5.82 Å². The first-order valence-corrected chi connectivity index (χ1v) is 17.0. The number of fused-ring (bicyclic) bond motifs is 5. The van der Waals surface area contributed by atoms with Crippen molar-refractivity contribution in [1.29, 1.82) is 0 Å². The molecule has 5 aliphatic rings. The first-order valence-electron chi connectivity index (χ1n) is 17.0. The molecule has 248 valence electrons. The lowest BCUT2D eigenvalue weighted by Crippen LogP contribution is -2.47. The van der Waals surface area contributed by atoms with Gasteiger partial charge in [-0.1, -0.05) is 18.9 Å². The number of aromatic nitrogens is 3. The van der Waals surface area contributed by atoms with Gasteiger partial charge in [-0.25, -0.2) is 18.2 Å². The molecule has 1 aliphatic carbocycles. The number of pyridine rings is 1. The number of nitrogens with zero attached hydrogens (tertiary/aromatic N) is 5. The largest absolute Gasteiger partial charge is 0.508 e. The Bertz CT molecular complexity index is 2050. The molecule has 2 unspecified atom stereocenters. The second-order valence-electron chi connectivity index (χ2n) is 14.6. The summed E-state index contributed by atoms with van der Waals surface area (Å²) in [5, 5.41) is 11.7. The molecule has 2 aromatic heterocycles. The highest BCUT2D eigenvalue weighted by atomic mass is 19.1. The number of rotatable bonds is 4. The van der Waals surface area contributed by atoms with Crippen LogP contribution in [-0.2, 0) is 0 Å². The molecule has 1 spiro atoms. The molecule has 11 heteroatoms. The van der Waals surface area contributed by atoms with E-state index in [1.165, 1.54) is 24.3 Å². The Kier molecular flexibility index (Phi) is 6.58. The van der Waals surface area contributed by atoms with E-state index in [0.717, 1.165) is 51.5 Å². The lowest BCUT2D eigenvalue weighted by molar-refractivity contribution is 0.107. The fourth-order valence-corrected chi connectivity index (χ4v) is 9.09. The monoisotopic (exact) mass is 655 g/mol. The molecule has 8 nitrogen and oxygen atoms in total. The zero-order chi connectivity index (χ0) is 32.9. The number of phenolic OH excluding ortho intramolecular Hbond substituents is 1. The van der Waals surface area contributed by atoms with Crippen molar-refractivity contribution in [1.82, 2.24) is 19.9 Å². The number of aromatic hydroxyl groups is 1. The minimum atomic E-state index is -0.925. The van der Waals surface area contributed by atoms with Crippen molar-refractivity contribution in [3.8, 4) is 41.2 Å². The van der Waals surface area contributed by atoms with E-state index in [1.54, 1.807) is 0 Å². The van der Waals surface area contributed by atoms with Gasteiger partial charge < -0.3 is 19.5 Å². The molecule has 4 fully saturated rings. The average molecular weight is 656 g/mol. The number of benzene rings is 2. The highest BCUT2D eigenvalue weighted by Gasteiger charge is 2.54. The van der Waals surface area contributed by atoms with Crippen molar-refractivity contribution < 1.29 is 27.8 Å². The molecule has 4 aromatic rings. The summed E-state index contributed by atoms with van der Waals surface area (Å²) in [4.78, 5) is 18.9. The molecular formula is C37H36F3N5O3. The van der Waals surface area contributed by atoms with Crippen LogP contribution in [0, 0.1) is 29.9 Å². The van der Waals surface area contributed by atoms with Crippen LogP contribution in [0.15, 0.2) is 24.3 Å². The van der Waals surface area contributed by atoms with Crippen LogP contribution < -0.4 is 14.4 Å². The van der Waals surface area contributed by atoms with Crippen molar-refractivity contribution in [2.75, 3.05) is 31.2 Å². The maximum absolute atomic E-state index is 17.2. The van der Waals surface area contributed by atoms with Crippen molar-refractivity contribution in [3.63, 3.8) is 0 Å². The molecule has 2 aromatic carbocycles. The molecule has 1 N–H and O–H groups in total. The predicted octanol–water partition coefficient (Wildman–Crippen LogP) is 6.69. The number of hydrogen-bond donors (Lipinski definition) is 1. The summed E-state index contributed by atoms with van der Waals surface area (Å²) in [5.41, 5.74) is -0.747. The molecule has 0 amide bonds. The van der Waals surface area contributed by atoms with Crippen molar-refractivity contribution in [2.45, 2.75) is 81.6 Å². The third-order valence-corrected chi connectivity index (χ3v) is 11.5. The number of alkyl halides is 1. The summed E-state index contributed by atoms with van der Waals surface area (Å²) in [6.45, 7) is 3.94. The van der Waals surface area contributed by atoms with Gasteiger partial charge in [0, 0.05) is 29.5 Å². The molecule has 4 atom stereocenters. The molecule has 0 bridgehead atoms. The van der Waals surface area contributed by atoms with Gasteiger partial charge in [0.2, 0.25) is 5.88 Å². The first-order chi connectivity index (χ1) is 23.2. The van der Waals surface area contributed by atoms with Crippen molar-refractivity contribution >= 4 is 27.5 Å². The predicted molar refractivity (Wildman–Crippen MR) is 175 cm³/mol. The van der Waals surface area contributed by atoms with Crippen LogP contribution in [0.25, 0.3) is 32.9 Å². The van der Waals surface area contributed by atoms with Crippen LogP contribution in [0.1, 0.15) is 63.9 Å². The smallest absolute Gasteiger partial charge is 0.319 e. The van der Waals surface area contributed by atoms with Crippen molar-refractivity contribution in [3.05, 3.63) is 41.5 Å². The number of ether oxygens (including phenoxy) is 2. The Balaban J connectivity index is 1.27. The summed E-state index contributed by atoms with van der Waals surface area (Å²) < 4.78 is 59.6. The fraction of sp³-hybridized carbons (Fsp3) is 0.486. The summed E-state index contributed by atoms with van der Waals surface area (Å²) in [6, 6.07) is 5.46. The lowest BCUT2D eigenvalue weighted by Gasteiger charge is -2.37. The van der Waals surface area contributed by atoms with E-state index in [0.29, 0.717) is 42.1 Å². The van der Waals surface area contributed by atoms with Crippen LogP contribution in [-0.4, -0.2) is 74.6 Å². The molecule has 1 saturated carbocycles. The highest BCUT2D eigenvalue weighted by molar-refractivity contribution is 6.04. The van der Waals surface area contributed by atoms with E-state index in [4.69, 9.17) is 25.9 Å². The van der Waals surface area contributed by atoms with Gasteiger partial charge in [0.1, 0.15) is 53.4 Å². The van der Waals surface area contributed by atoms with Crippen LogP contribution in [0.2, 0.25) is 0 Å². The first kappa shape index (κ1) is 29.8. The maximum Gasteiger partial charge on any atom is 0.319 e.